The minimum atomic E-state index is -0.504. The zero-order chi connectivity index (χ0) is 23.9. The number of carbonyl (C=O) groups excluding carboxylic acids is 1. The Hall–Kier alpha value is -2.87. The Balaban J connectivity index is 1.33. The van der Waals surface area contributed by atoms with Crippen LogP contribution >= 0.6 is 23.2 Å². The number of nitrogens with one attached hydrogen (secondary N) is 3. The van der Waals surface area contributed by atoms with Crippen LogP contribution in [0.15, 0.2) is 60.8 Å². The molecule has 178 valence electrons. The minimum Gasteiger partial charge on any atom is -0.481 e. The molecule has 3 aromatic rings. The molecule has 9 heteroatoms. The standard InChI is InChI=1S/C25H27Cl2N5O2/c1-34-22-9-10-28-24(31-22)23(18-5-3-2-4-6-18)32-25(33)30-15-19-12-17(14-29-19)11-16-7-8-20(26)21(27)13-16/h2-10,13,17,19,23,29H,11-12,14-15H2,1H3,(H2,30,32,33). The van der Waals surface area contributed by atoms with Crippen molar-refractivity contribution in [1.82, 2.24) is 25.9 Å². The average Bonchev–Trinajstić information content (AvgIpc) is 3.31. The molecule has 2 aromatic carbocycles. The summed E-state index contributed by atoms with van der Waals surface area (Å²) in [5.41, 5.74) is 2.04. The van der Waals surface area contributed by atoms with Crippen LogP contribution in [0.3, 0.4) is 0 Å². The molecule has 2 heterocycles. The first-order valence-corrected chi connectivity index (χ1v) is 11.9. The highest BCUT2D eigenvalue weighted by molar-refractivity contribution is 6.42. The van der Waals surface area contributed by atoms with Crippen LogP contribution in [-0.4, -0.2) is 42.2 Å². The van der Waals surface area contributed by atoms with Crippen LogP contribution < -0.4 is 20.7 Å². The van der Waals surface area contributed by atoms with Crippen LogP contribution in [0.25, 0.3) is 0 Å². The Morgan fingerprint density at radius 1 is 1.18 bits per heavy atom. The highest BCUT2D eigenvalue weighted by Crippen LogP contribution is 2.26. The number of hydrogen-bond donors (Lipinski definition) is 3. The van der Waals surface area contributed by atoms with Gasteiger partial charge in [0.1, 0.15) is 6.04 Å². The maximum absolute atomic E-state index is 12.8. The first-order valence-electron chi connectivity index (χ1n) is 11.2. The lowest BCUT2D eigenvalue weighted by Gasteiger charge is -2.20. The first-order chi connectivity index (χ1) is 16.5. The number of urea groups is 1. The third kappa shape index (κ3) is 6.38. The third-order valence-corrected chi connectivity index (χ3v) is 6.59. The summed E-state index contributed by atoms with van der Waals surface area (Å²) >= 11 is 12.2. The number of amides is 2. The summed E-state index contributed by atoms with van der Waals surface area (Å²) in [5, 5.41) is 10.6. The molecule has 1 aliphatic heterocycles. The van der Waals surface area contributed by atoms with Gasteiger partial charge in [0, 0.05) is 24.8 Å². The average molecular weight is 500 g/mol. The molecule has 3 unspecified atom stereocenters. The van der Waals surface area contributed by atoms with Crippen LogP contribution in [0, 0.1) is 5.92 Å². The lowest BCUT2D eigenvalue weighted by Crippen LogP contribution is -2.44. The second-order valence-corrected chi connectivity index (χ2v) is 9.13. The maximum Gasteiger partial charge on any atom is 0.315 e. The lowest BCUT2D eigenvalue weighted by atomic mass is 9.97. The van der Waals surface area contributed by atoms with Crippen molar-refractivity contribution >= 4 is 29.2 Å². The van der Waals surface area contributed by atoms with Gasteiger partial charge in [-0.05, 0) is 48.6 Å². The van der Waals surface area contributed by atoms with E-state index in [1.54, 1.807) is 19.4 Å². The molecule has 2 amide bonds. The van der Waals surface area contributed by atoms with E-state index in [2.05, 4.69) is 25.9 Å². The van der Waals surface area contributed by atoms with Crippen molar-refractivity contribution in [2.45, 2.75) is 24.9 Å². The van der Waals surface area contributed by atoms with Crippen LogP contribution in [0.1, 0.15) is 29.4 Å². The number of methoxy groups -OCH3 is 1. The van der Waals surface area contributed by atoms with Gasteiger partial charge in [-0.25, -0.2) is 9.78 Å². The number of carbonyl (C=O) groups is 1. The van der Waals surface area contributed by atoms with Gasteiger partial charge in [0.05, 0.1) is 17.2 Å². The van der Waals surface area contributed by atoms with Gasteiger partial charge >= 0.3 is 6.03 Å². The Morgan fingerprint density at radius 3 is 2.76 bits per heavy atom. The van der Waals surface area contributed by atoms with Crippen molar-refractivity contribution in [1.29, 1.82) is 0 Å². The Bertz CT molecular complexity index is 1120. The van der Waals surface area contributed by atoms with Gasteiger partial charge in [-0.1, -0.05) is 59.6 Å². The minimum absolute atomic E-state index is 0.196. The van der Waals surface area contributed by atoms with Crippen molar-refractivity contribution in [2.75, 3.05) is 20.2 Å². The molecule has 1 aliphatic rings. The van der Waals surface area contributed by atoms with E-state index in [0.29, 0.717) is 34.2 Å². The van der Waals surface area contributed by atoms with E-state index in [1.807, 2.05) is 48.5 Å². The Morgan fingerprint density at radius 2 is 2.00 bits per heavy atom. The van der Waals surface area contributed by atoms with Crippen molar-refractivity contribution in [3.63, 3.8) is 0 Å². The van der Waals surface area contributed by atoms with Gasteiger partial charge in [0.25, 0.3) is 0 Å². The van der Waals surface area contributed by atoms with Crippen molar-refractivity contribution in [2.24, 2.45) is 5.92 Å². The van der Waals surface area contributed by atoms with E-state index >= 15 is 0 Å². The molecule has 0 spiro atoms. The van der Waals surface area contributed by atoms with Crippen LogP contribution in [0.5, 0.6) is 5.88 Å². The molecule has 1 saturated heterocycles. The predicted octanol–water partition coefficient (Wildman–Crippen LogP) is 4.40. The molecule has 34 heavy (non-hydrogen) atoms. The van der Waals surface area contributed by atoms with Crippen LogP contribution in [-0.2, 0) is 6.42 Å². The first kappa shape index (κ1) is 24.3. The normalized spacial score (nSPS) is 18.3. The molecular weight excluding hydrogens is 473 g/mol. The number of ether oxygens (including phenoxy) is 1. The number of benzene rings is 2. The SMILES string of the molecule is COc1ccnc(C(NC(=O)NCC2CC(Cc3ccc(Cl)c(Cl)c3)CN2)c2ccccc2)n1. The zero-order valence-electron chi connectivity index (χ0n) is 18.8. The van der Waals surface area contributed by atoms with E-state index in [-0.39, 0.29) is 12.1 Å². The molecule has 1 fully saturated rings. The summed E-state index contributed by atoms with van der Waals surface area (Å²) < 4.78 is 5.22. The topological polar surface area (TPSA) is 88.2 Å². The van der Waals surface area contributed by atoms with Crippen molar-refractivity contribution < 1.29 is 9.53 Å². The van der Waals surface area contributed by atoms with E-state index < -0.39 is 6.04 Å². The molecule has 3 atom stereocenters. The van der Waals surface area contributed by atoms with E-state index in [0.717, 1.165) is 30.5 Å². The quantitative estimate of drug-likeness (QED) is 0.427. The fourth-order valence-electron chi connectivity index (χ4n) is 4.16. The third-order valence-electron chi connectivity index (χ3n) is 5.85. The maximum atomic E-state index is 12.8. The number of halogens is 2. The van der Waals surface area contributed by atoms with Crippen molar-refractivity contribution in [3.8, 4) is 5.88 Å². The number of nitrogens with zero attached hydrogens (tertiary/aromatic N) is 2. The summed E-state index contributed by atoms with van der Waals surface area (Å²) in [5.74, 6) is 1.37. The Kier molecular flexibility index (Phi) is 8.21. The van der Waals surface area contributed by atoms with E-state index in [9.17, 15) is 4.79 Å². The van der Waals surface area contributed by atoms with Gasteiger partial charge in [0.15, 0.2) is 5.82 Å². The molecule has 4 rings (SSSR count). The number of aromatic nitrogens is 2. The molecule has 0 saturated carbocycles. The molecule has 0 bridgehead atoms. The van der Waals surface area contributed by atoms with Crippen LogP contribution in [0.4, 0.5) is 4.79 Å². The van der Waals surface area contributed by atoms with Crippen LogP contribution in [0.2, 0.25) is 10.0 Å². The highest BCUT2D eigenvalue weighted by Gasteiger charge is 2.26. The van der Waals surface area contributed by atoms with E-state index in [4.69, 9.17) is 27.9 Å². The van der Waals surface area contributed by atoms with Gasteiger partial charge in [-0.2, -0.15) is 4.98 Å². The number of hydrogen-bond acceptors (Lipinski definition) is 5. The molecule has 3 N–H and O–H groups in total. The second-order valence-electron chi connectivity index (χ2n) is 8.31. The van der Waals surface area contributed by atoms with Gasteiger partial charge in [0.2, 0.25) is 5.88 Å². The second kappa shape index (κ2) is 11.5. The van der Waals surface area contributed by atoms with Gasteiger partial charge in [-0.3, -0.25) is 0 Å². The van der Waals surface area contributed by atoms with Gasteiger partial charge < -0.3 is 20.7 Å². The largest absolute Gasteiger partial charge is 0.481 e. The predicted molar refractivity (Wildman–Crippen MR) is 133 cm³/mol. The zero-order valence-corrected chi connectivity index (χ0v) is 20.3. The van der Waals surface area contributed by atoms with Crippen molar-refractivity contribution in [3.05, 3.63) is 87.8 Å². The summed E-state index contributed by atoms with van der Waals surface area (Å²) in [4.78, 5) is 21.6. The molecular formula is C25H27Cl2N5O2. The van der Waals surface area contributed by atoms with Gasteiger partial charge in [-0.15, -0.1) is 0 Å². The lowest BCUT2D eigenvalue weighted by molar-refractivity contribution is 0.237. The highest BCUT2D eigenvalue weighted by atomic mass is 35.5. The summed E-state index contributed by atoms with van der Waals surface area (Å²) in [7, 11) is 1.55. The number of rotatable bonds is 8. The Labute approximate surface area is 209 Å². The molecule has 1 aromatic heterocycles. The summed E-state index contributed by atoms with van der Waals surface area (Å²) in [6, 6.07) is 16.5. The monoisotopic (exact) mass is 499 g/mol. The fraction of sp³-hybridized carbons (Fsp3) is 0.320. The summed E-state index contributed by atoms with van der Waals surface area (Å²) in [6.45, 7) is 1.41. The fourth-order valence-corrected chi connectivity index (χ4v) is 4.48. The molecule has 0 aliphatic carbocycles. The molecule has 7 nitrogen and oxygen atoms in total. The smallest absolute Gasteiger partial charge is 0.315 e. The molecule has 0 radical (unpaired) electrons. The summed E-state index contributed by atoms with van der Waals surface area (Å²) in [6.07, 6.45) is 3.49. The van der Waals surface area contributed by atoms with E-state index in [1.165, 1.54) is 0 Å².